The molecule has 0 saturated heterocycles. The molecule has 4 nitrogen and oxygen atoms in total. The lowest BCUT2D eigenvalue weighted by Gasteiger charge is -2.18. The van der Waals surface area contributed by atoms with Gasteiger partial charge in [0, 0.05) is 6.54 Å². The molecule has 0 heterocycles. The Hall–Kier alpha value is -1.10. The van der Waals surface area contributed by atoms with Crippen molar-refractivity contribution in [3.8, 4) is 5.75 Å². The summed E-state index contributed by atoms with van der Waals surface area (Å²) in [6.45, 7) is 7.34. The highest BCUT2D eigenvalue weighted by Crippen LogP contribution is 2.13. The van der Waals surface area contributed by atoms with Crippen molar-refractivity contribution in [2.75, 3.05) is 13.2 Å². The van der Waals surface area contributed by atoms with Crippen molar-refractivity contribution in [3.05, 3.63) is 29.8 Å². The third kappa shape index (κ3) is 6.89. The zero-order valence-corrected chi connectivity index (χ0v) is 12.7. The molecule has 114 valence electrons. The van der Waals surface area contributed by atoms with Gasteiger partial charge in [0.1, 0.15) is 18.5 Å². The van der Waals surface area contributed by atoms with Gasteiger partial charge in [-0.05, 0) is 37.0 Å². The predicted octanol–water partition coefficient (Wildman–Crippen LogP) is 2.34. The first-order valence-corrected chi connectivity index (χ1v) is 7.22. The number of nitrogens with two attached hydrogens (primary N) is 1. The van der Waals surface area contributed by atoms with E-state index in [9.17, 15) is 5.11 Å². The van der Waals surface area contributed by atoms with Crippen LogP contribution in [-0.2, 0) is 11.3 Å². The first kappa shape index (κ1) is 17.0. The minimum Gasteiger partial charge on any atom is -0.491 e. The van der Waals surface area contributed by atoms with Crippen LogP contribution >= 0.6 is 0 Å². The van der Waals surface area contributed by atoms with Crippen LogP contribution < -0.4 is 10.5 Å². The fraction of sp³-hybridized carbons (Fsp3) is 0.625. The van der Waals surface area contributed by atoms with Crippen LogP contribution in [0.1, 0.15) is 32.8 Å². The Kier molecular flexibility index (Phi) is 7.59. The predicted molar refractivity (Wildman–Crippen MR) is 80.7 cm³/mol. The Morgan fingerprint density at radius 2 is 1.95 bits per heavy atom. The SMILES string of the molecule is CC(C)CC(C)OCC(O)COc1cccc(CN)c1. The average molecular weight is 281 g/mol. The molecule has 0 fully saturated rings. The van der Waals surface area contributed by atoms with Crippen molar-refractivity contribution >= 4 is 0 Å². The summed E-state index contributed by atoms with van der Waals surface area (Å²) >= 11 is 0. The highest BCUT2D eigenvalue weighted by molar-refractivity contribution is 5.28. The number of aliphatic hydroxyl groups excluding tert-OH is 1. The Labute approximate surface area is 121 Å². The first-order valence-electron chi connectivity index (χ1n) is 7.22. The van der Waals surface area contributed by atoms with Crippen molar-refractivity contribution in [2.45, 2.75) is 45.9 Å². The van der Waals surface area contributed by atoms with E-state index in [-0.39, 0.29) is 12.7 Å². The minimum atomic E-state index is -0.619. The van der Waals surface area contributed by atoms with E-state index < -0.39 is 6.10 Å². The molecule has 2 atom stereocenters. The summed E-state index contributed by atoms with van der Waals surface area (Å²) in [5.74, 6) is 1.32. The lowest BCUT2D eigenvalue weighted by atomic mass is 10.1. The lowest BCUT2D eigenvalue weighted by molar-refractivity contribution is -0.0242. The maximum atomic E-state index is 9.85. The third-order valence-corrected chi connectivity index (χ3v) is 2.95. The van der Waals surface area contributed by atoms with Crippen LogP contribution in [-0.4, -0.2) is 30.5 Å². The van der Waals surface area contributed by atoms with Gasteiger partial charge in [-0.2, -0.15) is 0 Å². The summed E-state index contributed by atoms with van der Waals surface area (Å²) in [7, 11) is 0. The molecule has 0 spiro atoms. The zero-order valence-electron chi connectivity index (χ0n) is 12.7. The molecular formula is C16H27NO3. The molecule has 20 heavy (non-hydrogen) atoms. The monoisotopic (exact) mass is 281 g/mol. The summed E-state index contributed by atoms with van der Waals surface area (Å²) in [6, 6.07) is 7.58. The van der Waals surface area contributed by atoms with Crippen molar-refractivity contribution < 1.29 is 14.6 Å². The largest absolute Gasteiger partial charge is 0.491 e. The maximum Gasteiger partial charge on any atom is 0.119 e. The Morgan fingerprint density at radius 3 is 2.60 bits per heavy atom. The van der Waals surface area contributed by atoms with E-state index in [4.69, 9.17) is 15.2 Å². The highest BCUT2D eigenvalue weighted by atomic mass is 16.5. The topological polar surface area (TPSA) is 64.7 Å². The summed E-state index contributed by atoms with van der Waals surface area (Å²) in [6.07, 6.45) is 0.530. The van der Waals surface area contributed by atoms with E-state index in [1.807, 2.05) is 31.2 Å². The second kappa shape index (κ2) is 8.95. The number of hydrogen-bond donors (Lipinski definition) is 2. The van der Waals surface area contributed by atoms with E-state index in [0.717, 1.165) is 17.7 Å². The molecule has 1 aromatic carbocycles. The molecule has 4 heteroatoms. The lowest BCUT2D eigenvalue weighted by Crippen LogP contribution is -2.26. The molecule has 0 amide bonds. The van der Waals surface area contributed by atoms with Gasteiger partial charge in [-0.15, -0.1) is 0 Å². The van der Waals surface area contributed by atoms with Gasteiger partial charge in [0.05, 0.1) is 12.7 Å². The number of rotatable bonds is 9. The van der Waals surface area contributed by atoms with Crippen molar-refractivity contribution in [2.24, 2.45) is 11.7 Å². The van der Waals surface area contributed by atoms with E-state index in [0.29, 0.717) is 19.1 Å². The smallest absolute Gasteiger partial charge is 0.119 e. The summed E-state index contributed by atoms with van der Waals surface area (Å²) in [5, 5.41) is 9.85. The van der Waals surface area contributed by atoms with E-state index >= 15 is 0 Å². The third-order valence-electron chi connectivity index (χ3n) is 2.95. The van der Waals surface area contributed by atoms with Gasteiger partial charge in [0.2, 0.25) is 0 Å². The van der Waals surface area contributed by atoms with Crippen LogP contribution in [0, 0.1) is 5.92 Å². The Morgan fingerprint density at radius 1 is 1.20 bits per heavy atom. The maximum absolute atomic E-state index is 9.85. The number of hydrogen-bond acceptors (Lipinski definition) is 4. The van der Waals surface area contributed by atoms with Gasteiger partial charge in [-0.1, -0.05) is 26.0 Å². The molecule has 0 aromatic heterocycles. The molecular weight excluding hydrogens is 254 g/mol. The van der Waals surface area contributed by atoms with Crippen molar-refractivity contribution in [1.82, 2.24) is 0 Å². The van der Waals surface area contributed by atoms with Crippen LogP contribution in [0.2, 0.25) is 0 Å². The van der Waals surface area contributed by atoms with E-state index in [2.05, 4.69) is 13.8 Å². The average Bonchev–Trinajstić information content (AvgIpc) is 2.42. The second-order valence-corrected chi connectivity index (χ2v) is 5.59. The van der Waals surface area contributed by atoms with Crippen LogP contribution in [0.25, 0.3) is 0 Å². The molecule has 0 aliphatic carbocycles. The quantitative estimate of drug-likeness (QED) is 0.729. The van der Waals surface area contributed by atoms with Crippen LogP contribution in [0.5, 0.6) is 5.75 Å². The fourth-order valence-corrected chi connectivity index (χ4v) is 2.01. The molecule has 0 aliphatic rings. The van der Waals surface area contributed by atoms with Gasteiger partial charge in [-0.25, -0.2) is 0 Å². The van der Waals surface area contributed by atoms with Gasteiger partial charge in [0.15, 0.2) is 0 Å². The standard InChI is InChI=1S/C16H27NO3/c1-12(2)7-13(3)19-10-15(18)11-20-16-6-4-5-14(8-16)9-17/h4-6,8,12-13,15,18H,7,9-11,17H2,1-3H3. The number of benzene rings is 1. The molecule has 0 bridgehead atoms. The van der Waals surface area contributed by atoms with Crippen LogP contribution in [0.15, 0.2) is 24.3 Å². The normalized spacial score (nSPS) is 14.3. The van der Waals surface area contributed by atoms with E-state index in [1.54, 1.807) is 0 Å². The fourth-order valence-electron chi connectivity index (χ4n) is 2.01. The van der Waals surface area contributed by atoms with Crippen LogP contribution in [0.4, 0.5) is 0 Å². The summed E-state index contributed by atoms with van der Waals surface area (Å²) < 4.78 is 11.1. The van der Waals surface area contributed by atoms with Crippen molar-refractivity contribution in [3.63, 3.8) is 0 Å². The van der Waals surface area contributed by atoms with Crippen molar-refractivity contribution in [1.29, 1.82) is 0 Å². The molecule has 3 N–H and O–H groups in total. The zero-order chi connectivity index (χ0) is 15.0. The molecule has 2 unspecified atom stereocenters. The van der Waals surface area contributed by atoms with E-state index in [1.165, 1.54) is 0 Å². The molecule has 0 saturated carbocycles. The van der Waals surface area contributed by atoms with Gasteiger partial charge in [-0.3, -0.25) is 0 Å². The van der Waals surface area contributed by atoms with Crippen LogP contribution in [0.3, 0.4) is 0 Å². The highest BCUT2D eigenvalue weighted by Gasteiger charge is 2.10. The van der Waals surface area contributed by atoms with Gasteiger partial charge < -0.3 is 20.3 Å². The molecule has 1 aromatic rings. The Balaban J connectivity index is 2.27. The molecule has 0 radical (unpaired) electrons. The summed E-state index contributed by atoms with van der Waals surface area (Å²) in [4.78, 5) is 0. The van der Waals surface area contributed by atoms with Gasteiger partial charge >= 0.3 is 0 Å². The second-order valence-electron chi connectivity index (χ2n) is 5.59. The van der Waals surface area contributed by atoms with Gasteiger partial charge in [0.25, 0.3) is 0 Å². The first-order chi connectivity index (χ1) is 9.51. The summed E-state index contributed by atoms with van der Waals surface area (Å²) in [5.41, 5.74) is 6.58. The number of aliphatic hydroxyl groups is 1. The Bertz CT molecular complexity index is 382. The molecule has 1 rings (SSSR count). The molecule has 0 aliphatic heterocycles. The minimum absolute atomic E-state index is 0.158. The number of ether oxygens (including phenoxy) is 2.